The van der Waals surface area contributed by atoms with Crippen molar-refractivity contribution >= 4 is 0 Å². The third-order valence-corrected chi connectivity index (χ3v) is 5.56. The van der Waals surface area contributed by atoms with Crippen LogP contribution in [0.1, 0.15) is 64.7 Å². The van der Waals surface area contributed by atoms with Crippen molar-refractivity contribution in [1.82, 2.24) is 4.90 Å². The molecular weight excluding hydrogens is 236 g/mol. The first-order valence-electron chi connectivity index (χ1n) is 8.36. The summed E-state index contributed by atoms with van der Waals surface area (Å²) in [4.78, 5) is 2.62. The zero-order chi connectivity index (χ0) is 13.3. The molecule has 3 rings (SSSR count). The summed E-state index contributed by atoms with van der Waals surface area (Å²) in [5.41, 5.74) is 6.45. The first-order valence-corrected chi connectivity index (χ1v) is 8.36. The Balaban J connectivity index is 1.55. The molecule has 0 amide bonds. The largest absolute Gasteiger partial charge is 0.370 e. The highest BCUT2D eigenvalue weighted by molar-refractivity contribution is 4.94. The molecule has 2 N–H and O–H groups in total. The topological polar surface area (TPSA) is 38.5 Å². The Kier molecular flexibility index (Phi) is 4.16. The number of ether oxygens (including phenoxy) is 1. The Labute approximate surface area is 117 Å². The van der Waals surface area contributed by atoms with Crippen LogP contribution in [-0.2, 0) is 4.74 Å². The molecule has 3 fully saturated rings. The second-order valence-electron chi connectivity index (χ2n) is 7.09. The van der Waals surface area contributed by atoms with Gasteiger partial charge in [-0.1, -0.05) is 19.3 Å². The highest BCUT2D eigenvalue weighted by Gasteiger charge is 2.43. The predicted molar refractivity (Wildman–Crippen MR) is 78.2 cm³/mol. The average molecular weight is 266 g/mol. The quantitative estimate of drug-likeness (QED) is 0.853. The lowest BCUT2D eigenvalue weighted by molar-refractivity contribution is -0.0550. The summed E-state index contributed by atoms with van der Waals surface area (Å²) in [7, 11) is 0. The van der Waals surface area contributed by atoms with E-state index in [9.17, 15) is 0 Å². The Morgan fingerprint density at radius 1 is 1.16 bits per heavy atom. The van der Waals surface area contributed by atoms with E-state index in [1.165, 1.54) is 64.3 Å². The molecule has 1 aliphatic carbocycles. The number of likely N-dealkylation sites (tertiary alicyclic amines) is 1. The molecule has 1 saturated carbocycles. The summed E-state index contributed by atoms with van der Waals surface area (Å²) in [6, 6.07) is 0.875. The minimum absolute atomic E-state index is 0.282. The predicted octanol–water partition coefficient (Wildman–Crippen LogP) is 2.68. The van der Waals surface area contributed by atoms with Gasteiger partial charge in [-0.05, 0) is 52.0 Å². The van der Waals surface area contributed by atoms with Gasteiger partial charge in [0.1, 0.15) is 0 Å². The van der Waals surface area contributed by atoms with Crippen LogP contribution in [0.25, 0.3) is 0 Å². The summed E-state index contributed by atoms with van der Waals surface area (Å²) in [6.45, 7) is 4.50. The number of hydrogen-bond donors (Lipinski definition) is 1. The first kappa shape index (κ1) is 13.8. The van der Waals surface area contributed by atoms with Crippen LogP contribution >= 0.6 is 0 Å². The molecule has 3 unspecified atom stereocenters. The third-order valence-electron chi connectivity index (χ3n) is 5.56. The molecule has 3 atom stereocenters. The van der Waals surface area contributed by atoms with Gasteiger partial charge in [0.15, 0.2) is 0 Å². The second kappa shape index (κ2) is 5.71. The van der Waals surface area contributed by atoms with Crippen LogP contribution in [0.3, 0.4) is 0 Å². The molecule has 3 aliphatic rings. The number of nitrogens with two attached hydrogens (primary N) is 1. The molecule has 2 aliphatic heterocycles. The maximum atomic E-state index is 6.46. The Morgan fingerprint density at radius 2 is 1.95 bits per heavy atom. The molecule has 110 valence electrons. The van der Waals surface area contributed by atoms with Crippen LogP contribution in [-0.4, -0.2) is 41.8 Å². The van der Waals surface area contributed by atoms with Gasteiger partial charge in [-0.2, -0.15) is 0 Å². The summed E-state index contributed by atoms with van der Waals surface area (Å²) in [5.74, 6) is 0. The molecule has 0 radical (unpaired) electrons. The zero-order valence-electron chi connectivity index (χ0n) is 12.4. The van der Waals surface area contributed by atoms with Gasteiger partial charge in [0.05, 0.1) is 11.7 Å². The summed E-state index contributed by atoms with van der Waals surface area (Å²) in [6.07, 6.45) is 12.3. The lowest BCUT2D eigenvalue weighted by atomic mass is 9.96. The highest BCUT2D eigenvalue weighted by atomic mass is 16.5. The zero-order valence-corrected chi connectivity index (χ0v) is 12.4. The van der Waals surface area contributed by atoms with Gasteiger partial charge >= 0.3 is 0 Å². The smallest absolute Gasteiger partial charge is 0.0710 e. The fraction of sp³-hybridized carbons (Fsp3) is 1.00. The van der Waals surface area contributed by atoms with Gasteiger partial charge in [0, 0.05) is 18.6 Å². The van der Waals surface area contributed by atoms with Crippen molar-refractivity contribution in [2.24, 2.45) is 5.73 Å². The Morgan fingerprint density at radius 3 is 2.68 bits per heavy atom. The summed E-state index contributed by atoms with van der Waals surface area (Å²) in [5, 5.41) is 0. The number of piperidine rings is 1. The van der Waals surface area contributed by atoms with Crippen molar-refractivity contribution in [3.63, 3.8) is 0 Å². The fourth-order valence-corrected chi connectivity index (χ4v) is 4.51. The van der Waals surface area contributed by atoms with E-state index in [-0.39, 0.29) is 5.60 Å². The molecule has 19 heavy (non-hydrogen) atoms. The Bertz CT molecular complexity index is 299. The lowest BCUT2D eigenvalue weighted by Crippen LogP contribution is -2.51. The van der Waals surface area contributed by atoms with Crippen LogP contribution in [0.15, 0.2) is 0 Å². The number of rotatable bonds is 3. The van der Waals surface area contributed by atoms with E-state index in [4.69, 9.17) is 10.5 Å². The summed E-state index contributed by atoms with van der Waals surface area (Å²) < 4.78 is 6.46. The molecule has 0 aromatic heterocycles. The van der Waals surface area contributed by atoms with Crippen molar-refractivity contribution in [1.29, 1.82) is 0 Å². The minimum Gasteiger partial charge on any atom is -0.370 e. The van der Waals surface area contributed by atoms with Crippen molar-refractivity contribution in [3.8, 4) is 0 Å². The van der Waals surface area contributed by atoms with Gasteiger partial charge in [-0.3, -0.25) is 4.90 Å². The maximum absolute atomic E-state index is 6.46. The molecule has 3 heteroatoms. The fourth-order valence-electron chi connectivity index (χ4n) is 4.51. The molecule has 0 aromatic carbocycles. The van der Waals surface area contributed by atoms with Crippen molar-refractivity contribution in [3.05, 3.63) is 0 Å². The summed E-state index contributed by atoms with van der Waals surface area (Å²) >= 11 is 0. The highest BCUT2D eigenvalue weighted by Crippen LogP contribution is 2.43. The Hall–Kier alpha value is -0.120. The molecule has 0 bridgehead atoms. The molecule has 3 nitrogen and oxygen atoms in total. The molecule has 1 spiro atoms. The van der Waals surface area contributed by atoms with Crippen LogP contribution in [0, 0.1) is 0 Å². The van der Waals surface area contributed by atoms with E-state index in [0.29, 0.717) is 18.2 Å². The van der Waals surface area contributed by atoms with Crippen molar-refractivity contribution < 1.29 is 4.74 Å². The molecule has 0 aromatic rings. The second-order valence-corrected chi connectivity index (χ2v) is 7.09. The van der Waals surface area contributed by atoms with E-state index in [1.807, 2.05) is 0 Å². The standard InChI is InChI=1S/C16H30N2O/c1-13(17)15-6-2-5-11-18(15)12-14-7-10-16(19-14)8-3-4-9-16/h13-15H,2-12,17H2,1H3. The van der Waals surface area contributed by atoms with Crippen molar-refractivity contribution in [2.75, 3.05) is 13.1 Å². The lowest BCUT2D eigenvalue weighted by Gasteiger charge is -2.39. The van der Waals surface area contributed by atoms with Crippen LogP contribution in [0.5, 0.6) is 0 Å². The van der Waals surface area contributed by atoms with E-state index in [0.717, 1.165) is 6.54 Å². The van der Waals surface area contributed by atoms with Gasteiger partial charge in [0.25, 0.3) is 0 Å². The van der Waals surface area contributed by atoms with E-state index >= 15 is 0 Å². The molecular formula is C16H30N2O. The first-order chi connectivity index (χ1) is 9.19. The van der Waals surface area contributed by atoms with Crippen LogP contribution in [0.4, 0.5) is 0 Å². The van der Waals surface area contributed by atoms with Gasteiger partial charge in [-0.15, -0.1) is 0 Å². The normalized spacial score (nSPS) is 36.9. The van der Waals surface area contributed by atoms with Crippen LogP contribution in [0.2, 0.25) is 0 Å². The third kappa shape index (κ3) is 2.98. The van der Waals surface area contributed by atoms with Crippen molar-refractivity contribution in [2.45, 2.75) is 88.5 Å². The number of hydrogen-bond acceptors (Lipinski definition) is 3. The molecule has 2 saturated heterocycles. The van der Waals surface area contributed by atoms with Gasteiger partial charge in [0.2, 0.25) is 0 Å². The van der Waals surface area contributed by atoms with Crippen LogP contribution < -0.4 is 5.73 Å². The monoisotopic (exact) mass is 266 g/mol. The van der Waals surface area contributed by atoms with E-state index < -0.39 is 0 Å². The number of nitrogens with zero attached hydrogens (tertiary/aromatic N) is 1. The van der Waals surface area contributed by atoms with Gasteiger partial charge < -0.3 is 10.5 Å². The average Bonchev–Trinajstić information content (AvgIpc) is 3.01. The molecule has 2 heterocycles. The SMILES string of the molecule is CC(N)C1CCCCN1CC1CCC2(CCCC2)O1. The van der Waals surface area contributed by atoms with E-state index in [1.54, 1.807) is 0 Å². The van der Waals surface area contributed by atoms with E-state index in [2.05, 4.69) is 11.8 Å². The van der Waals surface area contributed by atoms with Gasteiger partial charge in [-0.25, -0.2) is 0 Å². The maximum Gasteiger partial charge on any atom is 0.0710 e. The minimum atomic E-state index is 0.282.